The van der Waals surface area contributed by atoms with Crippen molar-refractivity contribution >= 4 is 46.5 Å². The second-order valence-electron chi connectivity index (χ2n) is 10.9. The lowest BCUT2D eigenvalue weighted by atomic mass is 9.47. The molecule has 4 aliphatic rings. The van der Waals surface area contributed by atoms with Crippen molar-refractivity contribution in [3.63, 3.8) is 0 Å². The lowest BCUT2D eigenvalue weighted by Crippen LogP contribution is -2.54. The van der Waals surface area contributed by atoms with E-state index in [4.69, 9.17) is 0 Å². The van der Waals surface area contributed by atoms with Gasteiger partial charge < -0.3 is 0 Å². The van der Waals surface area contributed by atoms with Crippen LogP contribution in [0, 0.1) is 42.2 Å². The molecule has 2 bridgehead atoms. The van der Waals surface area contributed by atoms with Gasteiger partial charge in [-0.05, 0) is 40.5 Å². The normalized spacial score (nSPS) is 22.6. The molecule has 222 valence electrons. The zero-order valence-corrected chi connectivity index (χ0v) is 23.0. The Balaban J connectivity index is 1.39. The molecule has 3 aliphatic carbocycles. The molecule has 0 saturated carbocycles. The minimum atomic E-state index is -1.29. The number of nitrogens with one attached hydrogen (secondary N) is 1. The van der Waals surface area contributed by atoms with E-state index in [1.807, 2.05) is 48.5 Å². The Bertz CT molecular complexity index is 1960. The SMILES string of the molecule is O=C1[C@@H]2C3c4ccccc4C(/C=N\Nc4ccc([N+](=O)[O-])cc4[N+](=O)[O-])(c4ccccc43)[C@H]2C(=O)N1c1ccc([N+](=O)[O-])cc1. The first-order valence-electron chi connectivity index (χ1n) is 13.7. The third-order valence-electron chi connectivity index (χ3n) is 8.84. The molecule has 2 atom stereocenters. The number of rotatable bonds is 7. The van der Waals surface area contributed by atoms with Gasteiger partial charge in [0.05, 0.1) is 43.8 Å². The number of imide groups is 1. The summed E-state index contributed by atoms with van der Waals surface area (Å²) < 4.78 is 0. The first-order valence-corrected chi connectivity index (χ1v) is 13.7. The summed E-state index contributed by atoms with van der Waals surface area (Å²) in [6, 6.07) is 23.1. The third kappa shape index (κ3) is 3.85. The molecule has 4 aromatic rings. The molecule has 1 fully saturated rings. The van der Waals surface area contributed by atoms with Crippen molar-refractivity contribution in [1.29, 1.82) is 0 Å². The summed E-state index contributed by atoms with van der Waals surface area (Å²) in [5, 5.41) is 38.6. The van der Waals surface area contributed by atoms with Crippen molar-refractivity contribution in [2.75, 3.05) is 10.3 Å². The van der Waals surface area contributed by atoms with Crippen molar-refractivity contribution in [2.24, 2.45) is 16.9 Å². The molecule has 45 heavy (non-hydrogen) atoms. The van der Waals surface area contributed by atoms with Gasteiger partial charge in [0.1, 0.15) is 5.69 Å². The number of nitro benzene ring substituents is 3. The van der Waals surface area contributed by atoms with Crippen LogP contribution in [0.3, 0.4) is 0 Å². The number of benzene rings is 4. The van der Waals surface area contributed by atoms with E-state index < -0.39 is 61.1 Å². The van der Waals surface area contributed by atoms with Crippen molar-refractivity contribution < 1.29 is 24.4 Å². The van der Waals surface area contributed by atoms with Gasteiger partial charge in [0.25, 0.3) is 11.4 Å². The highest BCUT2D eigenvalue weighted by Gasteiger charge is 2.68. The fourth-order valence-electron chi connectivity index (χ4n) is 7.11. The van der Waals surface area contributed by atoms with Crippen LogP contribution < -0.4 is 10.3 Å². The second-order valence-corrected chi connectivity index (χ2v) is 10.9. The highest BCUT2D eigenvalue weighted by molar-refractivity contribution is 6.25. The van der Waals surface area contributed by atoms with E-state index in [9.17, 15) is 39.9 Å². The summed E-state index contributed by atoms with van der Waals surface area (Å²) in [6.07, 6.45) is 1.48. The maximum Gasteiger partial charge on any atom is 0.301 e. The van der Waals surface area contributed by atoms with Crippen molar-refractivity contribution in [3.05, 3.63) is 144 Å². The van der Waals surface area contributed by atoms with Crippen LogP contribution >= 0.6 is 0 Å². The number of carbonyl (C=O) groups is 2. The number of hydrogen-bond acceptors (Lipinski definition) is 10. The largest absolute Gasteiger partial charge is 0.301 e. The van der Waals surface area contributed by atoms with Gasteiger partial charge in [0.15, 0.2) is 0 Å². The first kappa shape index (κ1) is 27.5. The Labute approximate surface area is 253 Å². The molecule has 0 radical (unpaired) electrons. The Hall–Kier alpha value is -6.31. The van der Waals surface area contributed by atoms with Crippen molar-refractivity contribution in [3.8, 4) is 0 Å². The van der Waals surface area contributed by atoms with Crippen LogP contribution in [0.1, 0.15) is 28.2 Å². The van der Waals surface area contributed by atoms with E-state index >= 15 is 0 Å². The average Bonchev–Trinajstić information content (AvgIpc) is 3.31. The average molecular weight is 605 g/mol. The van der Waals surface area contributed by atoms with Crippen LogP contribution in [0.4, 0.5) is 28.4 Å². The number of carbonyl (C=O) groups excluding carboxylic acids is 2. The zero-order valence-electron chi connectivity index (χ0n) is 23.0. The standard InChI is InChI=1S/C31H20N6O8/c38-29-27-26-20-5-1-3-7-22(20)31(23-8-4-2-6-21(23)26,16-32-33-24-14-13-19(36(42)43)15-25(24)37(44)45)28(27)30(39)34(29)17-9-11-18(12-10-17)35(40)41/h1-16,26-28,33H/b32-16-/t26?,27-,28-,31?/m1/s1. The molecular weight excluding hydrogens is 584 g/mol. The number of nitro groups is 3. The highest BCUT2D eigenvalue weighted by Crippen LogP contribution is 2.63. The fraction of sp³-hybridized carbons (Fsp3) is 0.129. The highest BCUT2D eigenvalue weighted by atomic mass is 16.6. The summed E-state index contributed by atoms with van der Waals surface area (Å²) in [7, 11) is 0. The molecule has 1 heterocycles. The molecule has 14 heteroatoms. The minimum Gasteiger partial charge on any atom is -0.274 e. The molecule has 0 unspecified atom stereocenters. The van der Waals surface area contributed by atoms with Crippen LogP contribution in [0.15, 0.2) is 96.1 Å². The molecule has 2 amide bonds. The Morgan fingerprint density at radius 1 is 0.733 bits per heavy atom. The molecule has 14 nitrogen and oxygen atoms in total. The minimum absolute atomic E-state index is 0.109. The van der Waals surface area contributed by atoms with E-state index in [0.717, 1.165) is 39.3 Å². The number of anilines is 2. The lowest BCUT2D eigenvalue weighted by Gasteiger charge is -2.52. The third-order valence-corrected chi connectivity index (χ3v) is 8.84. The summed E-state index contributed by atoms with van der Waals surface area (Å²) in [5.41, 5.74) is 3.36. The van der Waals surface area contributed by atoms with E-state index in [1.54, 1.807) is 0 Å². The van der Waals surface area contributed by atoms with Gasteiger partial charge in [0.2, 0.25) is 11.8 Å². The monoisotopic (exact) mass is 604 g/mol. The zero-order chi connectivity index (χ0) is 31.6. The predicted molar refractivity (Wildman–Crippen MR) is 160 cm³/mol. The Morgan fingerprint density at radius 3 is 1.89 bits per heavy atom. The van der Waals surface area contributed by atoms with Crippen molar-refractivity contribution in [1.82, 2.24) is 0 Å². The van der Waals surface area contributed by atoms with Gasteiger partial charge in [-0.25, -0.2) is 4.90 Å². The Morgan fingerprint density at radius 2 is 1.31 bits per heavy atom. The summed E-state index contributed by atoms with van der Waals surface area (Å²) >= 11 is 0. The predicted octanol–water partition coefficient (Wildman–Crippen LogP) is 5.06. The number of nitrogens with zero attached hydrogens (tertiary/aromatic N) is 5. The lowest BCUT2D eigenvalue weighted by molar-refractivity contribution is -0.393. The van der Waals surface area contributed by atoms with E-state index in [-0.39, 0.29) is 17.1 Å². The number of hydrogen-bond donors (Lipinski definition) is 1. The van der Waals surface area contributed by atoms with Gasteiger partial charge in [-0.2, -0.15) is 5.10 Å². The van der Waals surface area contributed by atoms with Gasteiger partial charge in [-0.15, -0.1) is 0 Å². The molecule has 8 rings (SSSR count). The van der Waals surface area contributed by atoms with Crippen LogP contribution in [0.25, 0.3) is 0 Å². The smallest absolute Gasteiger partial charge is 0.274 e. The van der Waals surface area contributed by atoms with Crippen LogP contribution in [-0.2, 0) is 15.0 Å². The summed E-state index contributed by atoms with van der Waals surface area (Å²) in [6.45, 7) is 0. The quantitative estimate of drug-likeness (QED) is 0.130. The second kappa shape index (κ2) is 9.87. The molecule has 1 aliphatic heterocycles. The van der Waals surface area contributed by atoms with E-state index in [2.05, 4.69) is 10.5 Å². The number of non-ortho nitro benzene ring substituents is 2. The Kier molecular flexibility index (Phi) is 6.04. The van der Waals surface area contributed by atoms with Crippen molar-refractivity contribution in [2.45, 2.75) is 11.3 Å². The van der Waals surface area contributed by atoms with Crippen LogP contribution in [0.5, 0.6) is 0 Å². The maximum atomic E-state index is 14.4. The molecule has 4 aromatic carbocycles. The molecule has 0 spiro atoms. The molecular formula is C31H20N6O8. The van der Waals surface area contributed by atoms with Crippen LogP contribution in [-0.4, -0.2) is 32.8 Å². The van der Waals surface area contributed by atoms with Gasteiger partial charge >= 0.3 is 5.69 Å². The van der Waals surface area contributed by atoms with Gasteiger partial charge in [-0.3, -0.25) is 45.4 Å². The molecule has 1 N–H and O–H groups in total. The van der Waals surface area contributed by atoms with E-state index in [0.29, 0.717) is 0 Å². The fourth-order valence-corrected chi connectivity index (χ4v) is 7.11. The van der Waals surface area contributed by atoms with Crippen LogP contribution in [0.2, 0.25) is 0 Å². The first-order chi connectivity index (χ1) is 21.6. The summed E-state index contributed by atoms with van der Waals surface area (Å²) in [4.78, 5) is 61.8. The summed E-state index contributed by atoms with van der Waals surface area (Å²) in [5.74, 6) is -3.23. The topological polar surface area (TPSA) is 191 Å². The van der Waals surface area contributed by atoms with Gasteiger partial charge in [-0.1, -0.05) is 48.5 Å². The maximum absolute atomic E-state index is 14.4. The van der Waals surface area contributed by atoms with Gasteiger partial charge in [0, 0.05) is 30.3 Å². The molecule has 0 aromatic heterocycles. The number of hydrazone groups is 1. The molecule has 1 saturated heterocycles. The number of amides is 2. The van der Waals surface area contributed by atoms with E-state index in [1.165, 1.54) is 36.5 Å².